The van der Waals surface area contributed by atoms with E-state index < -0.39 is 12.2 Å². The Bertz CT molecular complexity index is 190. The van der Waals surface area contributed by atoms with E-state index in [0.717, 1.165) is 0 Å². The quantitative estimate of drug-likeness (QED) is 0.541. The summed E-state index contributed by atoms with van der Waals surface area (Å²) in [4.78, 5) is 2.05. The highest BCUT2D eigenvalue weighted by molar-refractivity contribution is 4.92. The molecule has 1 fully saturated rings. The molecule has 0 amide bonds. The fourth-order valence-electron chi connectivity index (χ4n) is 2.03. The van der Waals surface area contributed by atoms with Gasteiger partial charge in [0.25, 0.3) is 0 Å². The summed E-state index contributed by atoms with van der Waals surface area (Å²) in [5.74, 6) is 0. The van der Waals surface area contributed by atoms with Crippen LogP contribution in [0.3, 0.4) is 0 Å². The standard InChI is InChI=1S/C10H21NO3/c1-10(2,3)11-5-9(14)8(13)4-7(11)6-12/h7-9,12-14H,4-6H2,1-3H3/t7-,8+,9+/m1/s1. The second-order valence-corrected chi connectivity index (χ2v) is 5.03. The highest BCUT2D eigenvalue weighted by Crippen LogP contribution is 2.25. The lowest BCUT2D eigenvalue weighted by Crippen LogP contribution is -2.59. The third-order valence-electron chi connectivity index (χ3n) is 2.85. The van der Waals surface area contributed by atoms with Crippen molar-refractivity contribution >= 4 is 0 Å². The molecule has 1 rings (SSSR count). The van der Waals surface area contributed by atoms with Gasteiger partial charge in [-0.3, -0.25) is 4.90 Å². The molecule has 3 atom stereocenters. The molecule has 4 heteroatoms. The predicted molar refractivity (Wildman–Crippen MR) is 54.0 cm³/mol. The lowest BCUT2D eigenvalue weighted by molar-refractivity contribution is -0.0970. The van der Waals surface area contributed by atoms with Crippen molar-refractivity contribution in [3.63, 3.8) is 0 Å². The monoisotopic (exact) mass is 203 g/mol. The normalized spacial score (nSPS) is 36.0. The first-order valence-corrected chi connectivity index (χ1v) is 5.10. The highest BCUT2D eigenvalue weighted by atomic mass is 16.3. The van der Waals surface area contributed by atoms with E-state index in [1.165, 1.54) is 0 Å². The Labute approximate surface area is 85.2 Å². The van der Waals surface area contributed by atoms with Crippen molar-refractivity contribution < 1.29 is 15.3 Å². The van der Waals surface area contributed by atoms with Crippen LogP contribution in [0.25, 0.3) is 0 Å². The van der Waals surface area contributed by atoms with Crippen LogP contribution in [-0.2, 0) is 0 Å². The highest BCUT2D eigenvalue weighted by Gasteiger charge is 2.38. The fourth-order valence-corrected chi connectivity index (χ4v) is 2.03. The third-order valence-corrected chi connectivity index (χ3v) is 2.85. The van der Waals surface area contributed by atoms with Gasteiger partial charge in [0.2, 0.25) is 0 Å². The van der Waals surface area contributed by atoms with Gasteiger partial charge in [-0.1, -0.05) is 0 Å². The molecular weight excluding hydrogens is 182 g/mol. The summed E-state index contributed by atoms with van der Waals surface area (Å²) in [6.07, 6.45) is -0.961. The zero-order valence-corrected chi connectivity index (χ0v) is 9.14. The maximum atomic E-state index is 9.55. The molecule has 1 heterocycles. The Morgan fingerprint density at radius 2 is 1.79 bits per heavy atom. The predicted octanol–water partition coefficient (Wildman–Crippen LogP) is -0.427. The average Bonchev–Trinajstić information content (AvgIpc) is 2.07. The fraction of sp³-hybridized carbons (Fsp3) is 1.00. The average molecular weight is 203 g/mol. The number of aliphatic hydroxyl groups is 3. The first-order valence-electron chi connectivity index (χ1n) is 5.10. The van der Waals surface area contributed by atoms with Gasteiger partial charge in [0.1, 0.15) is 0 Å². The summed E-state index contributed by atoms with van der Waals surface area (Å²) in [7, 11) is 0. The number of aliphatic hydroxyl groups excluding tert-OH is 3. The zero-order chi connectivity index (χ0) is 10.9. The number of hydrogen-bond acceptors (Lipinski definition) is 4. The SMILES string of the molecule is CC(C)(C)N1C[C@H](O)[C@@H](O)C[C@@H]1CO. The van der Waals surface area contributed by atoms with E-state index in [2.05, 4.69) is 0 Å². The zero-order valence-electron chi connectivity index (χ0n) is 9.14. The molecule has 0 aromatic carbocycles. The number of nitrogens with zero attached hydrogens (tertiary/aromatic N) is 1. The molecular formula is C10H21NO3. The molecule has 1 saturated heterocycles. The van der Waals surface area contributed by atoms with Crippen molar-refractivity contribution in [3.05, 3.63) is 0 Å². The summed E-state index contributed by atoms with van der Waals surface area (Å²) in [6.45, 7) is 6.58. The minimum Gasteiger partial charge on any atom is -0.395 e. The Hall–Kier alpha value is -0.160. The lowest BCUT2D eigenvalue weighted by Gasteiger charge is -2.47. The topological polar surface area (TPSA) is 63.9 Å². The molecule has 0 unspecified atom stereocenters. The Kier molecular flexibility index (Phi) is 3.53. The molecule has 1 aliphatic heterocycles. The van der Waals surface area contributed by atoms with Crippen molar-refractivity contribution in [2.24, 2.45) is 0 Å². The molecule has 1 aliphatic rings. The van der Waals surface area contributed by atoms with Gasteiger partial charge in [-0.25, -0.2) is 0 Å². The van der Waals surface area contributed by atoms with E-state index in [9.17, 15) is 15.3 Å². The van der Waals surface area contributed by atoms with Gasteiger partial charge < -0.3 is 15.3 Å². The first-order chi connectivity index (χ1) is 6.36. The number of piperidine rings is 1. The molecule has 3 N–H and O–H groups in total. The Balaban J connectivity index is 2.73. The number of β-amino-alcohol motifs (C(OH)–C–C–N with tert-alkyl or cyclic N) is 1. The van der Waals surface area contributed by atoms with Gasteiger partial charge >= 0.3 is 0 Å². The lowest BCUT2D eigenvalue weighted by atomic mass is 9.92. The van der Waals surface area contributed by atoms with Crippen molar-refractivity contribution in [1.82, 2.24) is 4.90 Å². The Morgan fingerprint density at radius 3 is 2.21 bits per heavy atom. The van der Waals surface area contributed by atoms with Crippen LogP contribution in [-0.4, -0.2) is 57.2 Å². The molecule has 0 radical (unpaired) electrons. The van der Waals surface area contributed by atoms with Crippen molar-refractivity contribution in [1.29, 1.82) is 0 Å². The van der Waals surface area contributed by atoms with E-state index in [4.69, 9.17) is 0 Å². The largest absolute Gasteiger partial charge is 0.395 e. The van der Waals surface area contributed by atoms with Crippen molar-refractivity contribution in [2.45, 2.75) is 51.0 Å². The Morgan fingerprint density at radius 1 is 1.21 bits per heavy atom. The second kappa shape index (κ2) is 4.14. The van der Waals surface area contributed by atoms with Crippen LogP contribution >= 0.6 is 0 Å². The maximum Gasteiger partial charge on any atom is 0.0926 e. The molecule has 0 saturated carbocycles. The molecule has 0 aromatic heterocycles. The number of rotatable bonds is 1. The van der Waals surface area contributed by atoms with E-state index in [1.54, 1.807) is 0 Å². The molecule has 4 nitrogen and oxygen atoms in total. The van der Waals surface area contributed by atoms with Crippen LogP contribution in [0.5, 0.6) is 0 Å². The van der Waals surface area contributed by atoms with Gasteiger partial charge in [-0.05, 0) is 27.2 Å². The summed E-state index contributed by atoms with van der Waals surface area (Å²) >= 11 is 0. The van der Waals surface area contributed by atoms with Gasteiger partial charge in [-0.2, -0.15) is 0 Å². The molecule has 84 valence electrons. The van der Waals surface area contributed by atoms with Crippen molar-refractivity contribution in [2.75, 3.05) is 13.2 Å². The molecule has 0 bridgehead atoms. The number of likely N-dealkylation sites (tertiary alicyclic amines) is 1. The van der Waals surface area contributed by atoms with Crippen LogP contribution in [0.15, 0.2) is 0 Å². The number of hydrogen-bond donors (Lipinski definition) is 3. The minimum atomic E-state index is -0.703. The molecule has 14 heavy (non-hydrogen) atoms. The van der Waals surface area contributed by atoms with Gasteiger partial charge in [0.15, 0.2) is 0 Å². The summed E-state index contributed by atoms with van der Waals surface area (Å²) in [5.41, 5.74) is -0.0888. The third kappa shape index (κ3) is 2.45. The summed E-state index contributed by atoms with van der Waals surface area (Å²) in [5, 5.41) is 28.2. The van der Waals surface area contributed by atoms with E-state index in [-0.39, 0.29) is 18.2 Å². The van der Waals surface area contributed by atoms with Crippen molar-refractivity contribution in [3.8, 4) is 0 Å². The van der Waals surface area contributed by atoms with E-state index >= 15 is 0 Å². The maximum absolute atomic E-state index is 9.55. The smallest absolute Gasteiger partial charge is 0.0926 e. The first kappa shape index (κ1) is 11.9. The van der Waals surface area contributed by atoms with Crippen LogP contribution in [0.4, 0.5) is 0 Å². The van der Waals surface area contributed by atoms with Gasteiger partial charge in [-0.15, -0.1) is 0 Å². The minimum absolute atomic E-state index is 0.0288. The summed E-state index contributed by atoms with van der Waals surface area (Å²) in [6, 6.07) is -0.0478. The molecule has 0 spiro atoms. The van der Waals surface area contributed by atoms with E-state index in [0.29, 0.717) is 13.0 Å². The van der Waals surface area contributed by atoms with Gasteiger partial charge in [0.05, 0.1) is 18.8 Å². The second-order valence-electron chi connectivity index (χ2n) is 5.03. The van der Waals surface area contributed by atoms with Crippen LogP contribution in [0.1, 0.15) is 27.2 Å². The van der Waals surface area contributed by atoms with E-state index in [1.807, 2.05) is 25.7 Å². The van der Waals surface area contributed by atoms with Gasteiger partial charge in [0, 0.05) is 18.1 Å². The molecule has 0 aromatic rings. The summed E-state index contributed by atoms with van der Waals surface area (Å²) < 4.78 is 0. The van der Waals surface area contributed by atoms with Crippen LogP contribution < -0.4 is 0 Å². The van der Waals surface area contributed by atoms with Crippen LogP contribution in [0.2, 0.25) is 0 Å². The van der Waals surface area contributed by atoms with Crippen LogP contribution in [0, 0.1) is 0 Å². The molecule has 0 aliphatic carbocycles.